The molecule has 0 bridgehead atoms. The molecule has 1 aromatic carbocycles. The number of para-hydroxylation sites is 1. The van der Waals surface area contributed by atoms with E-state index >= 15 is 0 Å². The molecule has 6 heteroatoms. The van der Waals surface area contributed by atoms with Crippen molar-refractivity contribution in [1.29, 1.82) is 0 Å². The van der Waals surface area contributed by atoms with E-state index in [1.807, 2.05) is 0 Å². The van der Waals surface area contributed by atoms with Gasteiger partial charge in [0.2, 0.25) is 0 Å². The second-order valence-corrected chi connectivity index (χ2v) is 4.17. The van der Waals surface area contributed by atoms with Crippen LogP contribution in [0.2, 0.25) is 0 Å². The van der Waals surface area contributed by atoms with Crippen LogP contribution in [0.4, 0.5) is 0 Å². The van der Waals surface area contributed by atoms with Gasteiger partial charge in [0.15, 0.2) is 5.65 Å². The van der Waals surface area contributed by atoms with Gasteiger partial charge in [-0.15, -0.1) is 0 Å². The molecule has 0 aliphatic heterocycles. The largest absolute Gasteiger partial charge is 0.477 e. The number of fused-ring (bicyclic) bond motifs is 3. The number of rotatable bonds is 2. The molecule has 3 aromatic rings. The summed E-state index contributed by atoms with van der Waals surface area (Å²) in [6.07, 6.45) is 1.27. The van der Waals surface area contributed by atoms with Gasteiger partial charge in [-0.3, -0.25) is 9.36 Å². The average Bonchev–Trinajstić information content (AvgIpc) is 2.84. The fourth-order valence-corrected chi connectivity index (χ4v) is 2.30. The van der Waals surface area contributed by atoms with Crippen molar-refractivity contribution in [2.45, 2.75) is 13.5 Å². The highest BCUT2D eigenvalue weighted by atomic mass is 16.4. The van der Waals surface area contributed by atoms with Crippen molar-refractivity contribution < 1.29 is 9.90 Å². The maximum atomic E-state index is 12.4. The first-order chi connectivity index (χ1) is 9.15. The second-order valence-electron chi connectivity index (χ2n) is 4.17. The van der Waals surface area contributed by atoms with Gasteiger partial charge < -0.3 is 5.11 Å². The van der Waals surface area contributed by atoms with Gasteiger partial charge in [0, 0.05) is 6.54 Å². The van der Waals surface area contributed by atoms with Gasteiger partial charge in [0.25, 0.3) is 5.56 Å². The summed E-state index contributed by atoms with van der Waals surface area (Å²) < 4.78 is 2.93. The Labute approximate surface area is 107 Å². The molecule has 3 rings (SSSR count). The van der Waals surface area contributed by atoms with Crippen LogP contribution in [0.3, 0.4) is 0 Å². The minimum Gasteiger partial charge on any atom is -0.477 e. The van der Waals surface area contributed by atoms with Crippen molar-refractivity contribution >= 4 is 22.5 Å². The number of nitrogens with zero attached hydrogens (tertiary/aromatic N) is 3. The molecular weight excluding hydrogens is 246 g/mol. The summed E-state index contributed by atoms with van der Waals surface area (Å²) in [5.74, 6) is -1.09. The van der Waals surface area contributed by atoms with E-state index in [0.29, 0.717) is 23.1 Å². The topological polar surface area (TPSA) is 76.6 Å². The van der Waals surface area contributed by atoms with E-state index in [-0.39, 0.29) is 11.1 Å². The number of carbonyl (C=O) groups is 1. The lowest BCUT2D eigenvalue weighted by molar-refractivity contribution is 0.0698. The normalized spacial score (nSPS) is 11.2. The van der Waals surface area contributed by atoms with Gasteiger partial charge in [-0.2, -0.15) is 5.10 Å². The molecule has 0 aliphatic rings. The van der Waals surface area contributed by atoms with Crippen LogP contribution in [0.15, 0.2) is 35.3 Å². The fraction of sp³-hybridized carbons (Fsp3) is 0.154. The molecule has 0 saturated heterocycles. The van der Waals surface area contributed by atoms with Crippen LogP contribution in [-0.2, 0) is 6.54 Å². The molecule has 2 heterocycles. The first kappa shape index (κ1) is 11.5. The monoisotopic (exact) mass is 257 g/mol. The van der Waals surface area contributed by atoms with E-state index in [1.165, 1.54) is 15.3 Å². The molecule has 0 saturated carbocycles. The van der Waals surface area contributed by atoms with Gasteiger partial charge in [-0.25, -0.2) is 9.31 Å². The smallest absolute Gasteiger partial charge is 0.341 e. The molecule has 0 amide bonds. The predicted molar refractivity (Wildman–Crippen MR) is 69.6 cm³/mol. The zero-order chi connectivity index (χ0) is 13.6. The number of benzene rings is 1. The SMILES string of the molecule is CCn1c(=O)c2ccccc2n2ncc(C(=O)O)c12. The summed E-state index contributed by atoms with van der Waals surface area (Å²) >= 11 is 0. The van der Waals surface area contributed by atoms with Crippen molar-refractivity contribution in [1.82, 2.24) is 14.2 Å². The highest BCUT2D eigenvalue weighted by Gasteiger charge is 2.18. The summed E-state index contributed by atoms with van der Waals surface area (Å²) in [7, 11) is 0. The molecule has 6 nitrogen and oxygen atoms in total. The third kappa shape index (κ3) is 1.46. The molecule has 0 spiro atoms. The Bertz CT molecular complexity index is 861. The average molecular weight is 257 g/mol. The molecule has 0 fully saturated rings. The molecule has 2 aromatic heterocycles. The van der Waals surface area contributed by atoms with E-state index in [1.54, 1.807) is 31.2 Å². The zero-order valence-electron chi connectivity index (χ0n) is 10.2. The highest BCUT2D eigenvalue weighted by molar-refractivity contribution is 5.96. The van der Waals surface area contributed by atoms with Crippen LogP contribution in [0.25, 0.3) is 16.6 Å². The predicted octanol–water partition coefficient (Wildman–Crippen LogP) is 1.37. The van der Waals surface area contributed by atoms with Crippen molar-refractivity contribution in [2.24, 2.45) is 0 Å². The number of aromatic nitrogens is 3. The lowest BCUT2D eigenvalue weighted by Crippen LogP contribution is -2.23. The Morgan fingerprint density at radius 3 is 2.79 bits per heavy atom. The third-order valence-corrected chi connectivity index (χ3v) is 3.15. The van der Waals surface area contributed by atoms with Crippen molar-refractivity contribution in [3.63, 3.8) is 0 Å². The second kappa shape index (κ2) is 3.94. The first-order valence-electron chi connectivity index (χ1n) is 5.87. The Morgan fingerprint density at radius 2 is 2.11 bits per heavy atom. The van der Waals surface area contributed by atoms with Crippen LogP contribution in [0.5, 0.6) is 0 Å². The van der Waals surface area contributed by atoms with E-state index in [0.717, 1.165) is 0 Å². The van der Waals surface area contributed by atoms with E-state index in [2.05, 4.69) is 5.10 Å². The molecule has 0 aliphatic carbocycles. The number of aromatic carboxylic acids is 1. The fourth-order valence-electron chi connectivity index (χ4n) is 2.30. The maximum absolute atomic E-state index is 12.4. The quantitative estimate of drug-likeness (QED) is 0.752. The lowest BCUT2D eigenvalue weighted by Gasteiger charge is -2.09. The lowest BCUT2D eigenvalue weighted by atomic mass is 10.2. The minimum atomic E-state index is -1.09. The van der Waals surface area contributed by atoms with Gasteiger partial charge in [-0.1, -0.05) is 12.1 Å². The minimum absolute atomic E-state index is 0.0321. The number of hydrogen-bond donors (Lipinski definition) is 1. The van der Waals surface area contributed by atoms with E-state index < -0.39 is 5.97 Å². The number of hydrogen-bond acceptors (Lipinski definition) is 3. The van der Waals surface area contributed by atoms with Crippen LogP contribution in [0, 0.1) is 0 Å². The molecule has 19 heavy (non-hydrogen) atoms. The number of carboxylic acid groups (broad SMARTS) is 1. The van der Waals surface area contributed by atoms with Crippen molar-refractivity contribution in [3.8, 4) is 0 Å². The Balaban J connectivity index is 2.65. The standard InChI is InChI=1S/C13H11N3O3/c1-2-15-11-9(13(18)19)7-14-16(11)10-6-4-3-5-8(10)12(15)17/h3-7H,2H2,1H3,(H,18,19). The molecule has 0 atom stereocenters. The molecule has 1 N–H and O–H groups in total. The Kier molecular flexibility index (Phi) is 2.38. The first-order valence-corrected chi connectivity index (χ1v) is 5.87. The van der Waals surface area contributed by atoms with Crippen LogP contribution in [-0.4, -0.2) is 25.3 Å². The molecule has 0 radical (unpaired) electrons. The summed E-state index contributed by atoms with van der Waals surface area (Å²) in [4.78, 5) is 23.6. The van der Waals surface area contributed by atoms with Crippen molar-refractivity contribution in [2.75, 3.05) is 0 Å². The van der Waals surface area contributed by atoms with E-state index in [9.17, 15) is 14.7 Å². The van der Waals surface area contributed by atoms with Crippen molar-refractivity contribution in [3.05, 3.63) is 46.4 Å². The summed E-state index contributed by atoms with van der Waals surface area (Å²) in [6, 6.07) is 7.03. The number of carboxylic acids is 1. The van der Waals surface area contributed by atoms with E-state index in [4.69, 9.17) is 0 Å². The molecular formula is C13H11N3O3. The van der Waals surface area contributed by atoms with Crippen LogP contribution < -0.4 is 5.56 Å². The Hall–Kier alpha value is -2.63. The van der Waals surface area contributed by atoms with Gasteiger partial charge >= 0.3 is 5.97 Å². The van der Waals surface area contributed by atoms with Gasteiger partial charge in [0.1, 0.15) is 5.56 Å². The van der Waals surface area contributed by atoms with Crippen LogP contribution in [0.1, 0.15) is 17.3 Å². The third-order valence-electron chi connectivity index (χ3n) is 3.15. The molecule has 0 unspecified atom stereocenters. The highest BCUT2D eigenvalue weighted by Crippen LogP contribution is 2.16. The van der Waals surface area contributed by atoms with Crippen LogP contribution >= 0.6 is 0 Å². The maximum Gasteiger partial charge on any atom is 0.341 e. The van der Waals surface area contributed by atoms with Gasteiger partial charge in [-0.05, 0) is 19.1 Å². The van der Waals surface area contributed by atoms with Gasteiger partial charge in [0.05, 0.1) is 17.1 Å². The number of aryl methyl sites for hydroxylation is 1. The zero-order valence-corrected chi connectivity index (χ0v) is 10.2. The summed E-state index contributed by atoms with van der Waals surface area (Å²) in [6.45, 7) is 2.19. The molecule has 96 valence electrons. The summed E-state index contributed by atoms with van der Waals surface area (Å²) in [5, 5.41) is 13.8. The summed E-state index contributed by atoms with van der Waals surface area (Å²) in [5.41, 5.74) is 0.761. The Morgan fingerprint density at radius 1 is 1.37 bits per heavy atom.